The number of nitrogens with two attached hydrogens (primary N) is 1. The zero-order chi connectivity index (χ0) is 12.0. The van der Waals surface area contributed by atoms with E-state index in [1.165, 1.54) is 0 Å². The van der Waals surface area contributed by atoms with Gasteiger partial charge in [0.05, 0.1) is 12.1 Å². The fraction of sp³-hybridized carbons (Fsp3) is 0.571. The summed E-state index contributed by atoms with van der Waals surface area (Å²) in [6, 6.07) is 10.1. The van der Waals surface area contributed by atoms with E-state index in [0.717, 1.165) is 18.6 Å². The first-order chi connectivity index (χ1) is 7.65. The van der Waals surface area contributed by atoms with Gasteiger partial charge in [-0.05, 0) is 17.9 Å². The molecule has 0 aromatic heterocycles. The van der Waals surface area contributed by atoms with E-state index in [1.807, 2.05) is 18.2 Å². The lowest BCUT2D eigenvalue weighted by Crippen LogP contribution is -2.29. The van der Waals surface area contributed by atoms with Gasteiger partial charge >= 0.3 is 0 Å². The van der Waals surface area contributed by atoms with Crippen LogP contribution < -0.4 is 5.73 Å². The Kier molecular flexibility index (Phi) is 5.50. The van der Waals surface area contributed by atoms with Gasteiger partial charge in [0.2, 0.25) is 0 Å². The highest BCUT2D eigenvalue weighted by atomic mass is 16.5. The molecule has 1 aromatic carbocycles. The minimum absolute atomic E-state index is 0.0232. The first kappa shape index (κ1) is 13.2. The fourth-order valence-electron chi connectivity index (χ4n) is 1.68. The Bertz CT molecular complexity index is 284. The molecule has 0 saturated carbocycles. The smallest absolute Gasteiger partial charge is 0.0765 e. The fourth-order valence-corrected chi connectivity index (χ4v) is 1.68. The van der Waals surface area contributed by atoms with Crippen molar-refractivity contribution in [2.24, 2.45) is 11.7 Å². The average Bonchev–Trinajstić information content (AvgIpc) is 2.30. The van der Waals surface area contributed by atoms with Crippen LogP contribution in [-0.4, -0.2) is 12.7 Å². The van der Waals surface area contributed by atoms with Gasteiger partial charge in [-0.25, -0.2) is 0 Å². The van der Waals surface area contributed by atoms with Crippen LogP contribution >= 0.6 is 0 Å². The highest BCUT2D eigenvalue weighted by molar-refractivity contribution is 5.19. The van der Waals surface area contributed by atoms with Crippen LogP contribution in [0.3, 0.4) is 0 Å². The van der Waals surface area contributed by atoms with Crippen LogP contribution in [0.2, 0.25) is 0 Å². The van der Waals surface area contributed by atoms with Crippen LogP contribution in [0.5, 0.6) is 0 Å². The summed E-state index contributed by atoms with van der Waals surface area (Å²) < 4.78 is 5.84. The standard InChI is InChI=1S/C14H23NO/c1-4-13(16-10-11(2)3)14(15)12-8-6-5-7-9-12/h5-9,11,13-14H,4,10,15H2,1-3H3. The van der Waals surface area contributed by atoms with Crippen LogP contribution in [0.1, 0.15) is 38.8 Å². The zero-order valence-electron chi connectivity index (χ0n) is 10.5. The van der Waals surface area contributed by atoms with E-state index in [-0.39, 0.29) is 12.1 Å². The minimum atomic E-state index is -0.0232. The van der Waals surface area contributed by atoms with Crippen molar-refractivity contribution in [1.29, 1.82) is 0 Å². The van der Waals surface area contributed by atoms with Crippen LogP contribution in [0, 0.1) is 5.92 Å². The molecule has 2 atom stereocenters. The van der Waals surface area contributed by atoms with Gasteiger partial charge in [-0.15, -0.1) is 0 Å². The van der Waals surface area contributed by atoms with E-state index in [2.05, 4.69) is 32.9 Å². The molecule has 0 saturated heterocycles. The lowest BCUT2D eigenvalue weighted by molar-refractivity contribution is 0.0172. The van der Waals surface area contributed by atoms with Crippen molar-refractivity contribution in [3.63, 3.8) is 0 Å². The first-order valence-electron chi connectivity index (χ1n) is 6.07. The first-order valence-corrected chi connectivity index (χ1v) is 6.07. The molecule has 1 aromatic rings. The summed E-state index contributed by atoms with van der Waals surface area (Å²) in [4.78, 5) is 0. The second kappa shape index (κ2) is 6.66. The van der Waals surface area contributed by atoms with E-state index in [9.17, 15) is 0 Å². The Labute approximate surface area is 98.8 Å². The Hall–Kier alpha value is -0.860. The lowest BCUT2D eigenvalue weighted by Gasteiger charge is -2.24. The third kappa shape index (κ3) is 3.95. The van der Waals surface area contributed by atoms with Crippen molar-refractivity contribution in [2.75, 3.05) is 6.61 Å². The molecule has 2 heteroatoms. The molecule has 0 heterocycles. The van der Waals surface area contributed by atoms with Gasteiger partial charge in [-0.2, -0.15) is 0 Å². The summed E-state index contributed by atoms with van der Waals surface area (Å²) >= 11 is 0. The molecule has 0 aliphatic heterocycles. The molecule has 2 nitrogen and oxygen atoms in total. The normalized spacial score (nSPS) is 15.1. The molecule has 0 aliphatic carbocycles. The lowest BCUT2D eigenvalue weighted by atomic mass is 10.0. The van der Waals surface area contributed by atoms with E-state index < -0.39 is 0 Å². The maximum absolute atomic E-state index is 6.21. The molecule has 0 aliphatic rings. The van der Waals surface area contributed by atoms with E-state index in [1.54, 1.807) is 0 Å². The predicted molar refractivity (Wildman–Crippen MR) is 68.2 cm³/mol. The van der Waals surface area contributed by atoms with Crippen LogP contribution in [0.15, 0.2) is 30.3 Å². The molecule has 0 bridgehead atoms. The molecule has 0 amide bonds. The third-order valence-corrected chi connectivity index (χ3v) is 2.63. The topological polar surface area (TPSA) is 35.2 Å². The molecule has 0 radical (unpaired) electrons. The summed E-state index contributed by atoms with van der Waals surface area (Å²) in [5, 5.41) is 0. The zero-order valence-corrected chi connectivity index (χ0v) is 10.5. The van der Waals surface area contributed by atoms with Crippen LogP contribution in [0.25, 0.3) is 0 Å². The molecular formula is C14H23NO. The Morgan fingerprint density at radius 3 is 2.31 bits per heavy atom. The largest absolute Gasteiger partial charge is 0.376 e. The molecule has 1 rings (SSSR count). The second-order valence-corrected chi connectivity index (χ2v) is 4.61. The molecule has 2 unspecified atom stereocenters. The Morgan fingerprint density at radius 2 is 1.81 bits per heavy atom. The number of hydrogen-bond donors (Lipinski definition) is 1. The monoisotopic (exact) mass is 221 g/mol. The number of hydrogen-bond acceptors (Lipinski definition) is 2. The molecular weight excluding hydrogens is 198 g/mol. The van der Waals surface area contributed by atoms with Gasteiger partial charge in [0.25, 0.3) is 0 Å². The number of benzene rings is 1. The van der Waals surface area contributed by atoms with Crippen molar-refractivity contribution in [3.05, 3.63) is 35.9 Å². The van der Waals surface area contributed by atoms with Gasteiger partial charge in [-0.1, -0.05) is 51.1 Å². The maximum atomic E-state index is 6.21. The summed E-state index contributed by atoms with van der Waals surface area (Å²) in [6.45, 7) is 7.20. The van der Waals surface area contributed by atoms with Gasteiger partial charge in [0, 0.05) is 6.61 Å². The van der Waals surface area contributed by atoms with Gasteiger partial charge in [0.1, 0.15) is 0 Å². The summed E-state index contributed by atoms with van der Waals surface area (Å²) in [5.74, 6) is 0.553. The van der Waals surface area contributed by atoms with Crippen molar-refractivity contribution >= 4 is 0 Å². The van der Waals surface area contributed by atoms with Gasteiger partial charge in [0.15, 0.2) is 0 Å². The molecule has 0 spiro atoms. The summed E-state index contributed by atoms with van der Waals surface area (Å²) in [5.41, 5.74) is 7.36. The Balaban J connectivity index is 2.59. The quantitative estimate of drug-likeness (QED) is 0.801. The molecule has 2 N–H and O–H groups in total. The van der Waals surface area contributed by atoms with Crippen LogP contribution in [0.4, 0.5) is 0 Å². The van der Waals surface area contributed by atoms with E-state index in [4.69, 9.17) is 10.5 Å². The van der Waals surface area contributed by atoms with Crippen molar-refractivity contribution in [1.82, 2.24) is 0 Å². The van der Waals surface area contributed by atoms with Crippen molar-refractivity contribution < 1.29 is 4.74 Å². The van der Waals surface area contributed by atoms with Crippen LogP contribution in [-0.2, 0) is 4.74 Å². The second-order valence-electron chi connectivity index (χ2n) is 4.61. The van der Waals surface area contributed by atoms with E-state index in [0.29, 0.717) is 5.92 Å². The SMILES string of the molecule is CCC(OCC(C)C)C(N)c1ccccc1. The van der Waals surface area contributed by atoms with E-state index >= 15 is 0 Å². The highest BCUT2D eigenvalue weighted by Gasteiger charge is 2.18. The van der Waals surface area contributed by atoms with Gasteiger partial charge < -0.3 is 10.5 Å². The highest BCUT2D eigenvalue weighted by Crippen LogP contribution is 2.19. The molecule has 90 valence electrons. The van der Waals surface area contributed by atoms with Crippen molar-refractivity contribution in [3.8, 4) is 0 Å². The average molecular weight is 221 g/mol. The van der Waals surface area contributed by atoms with Crippen molar-refractivity contribution in [2.45, 2.75) is 39.3 Å². The molecule has 16 heavy (non-hydrogen) atoms. The third-order valence-electron chi connectivity index (χ3n) is 2.63. The minimum Gasteiger partial charge on any atom is -0.376 e. The van der Waals surface area contributed by atoms with Gasteiger partial charge in [-0.3, -0.25) is 0 Å². The predicted octanol–water partition coefficient (Wildman–Crippen LogP) is 3.14. The summed E-state index contributed by atoms with van der Waals surface area (Å²) in [7, 11) is 0. The molecule has 0 fully saturated rings. The summed E-state index contributed by atoms with van der Waals surface area (Å²) in [6.07, 6.45) is 1.06. The Morgan fingerprint density at radius 1 is 1.19 bits per heavy atom. The number of rotatable bonds is 6. The number of ether oxygens (including phenoxy) is 1. The maximum Gasteiger partial charge on any atom is 0.0765 e.